The lowest BCUT2D eigenvalue weighted by Gasteiger charge is -2.32. The van der Waals surface area contributed by atoms with Crippen molar-refractivity contribution in [3.05, 3.63) is 94.0 Å². The molecule has 2 amide bonds. The number of sulfonamides is 1. The summed E-state index contributed by atoms with van der Waals surface area (Å²) in [6.45, 7) is 3.03. The number of rotatable bonds is 10. The first-order chi connectivity index (χ1) is 19.1. The van der Waals surface area contributed by atoms with Gasteiger partial charge in [-0.3, -0.25) is 13.9 Å². The van der Waals surface area contributed by atoms with Crippen LogP contribution >= 0.6 is 23.2 Å². The van der Waals surface area contributed by atoms with Crippen molar-refractivity contribution in [2.24, 2.45) is 0 Å². The Labute approximate surface area is 246 Å². The van der Waals surface area contributed by atoms with Crippen LogP contribution in [0, 0.1) is 6.92 Å². The standard InChI is InChI=1S/C30H33Cl2N3O4S/c1-21-14-16-26(17-15-21)40(38,39)35(28-13-6-5-12-27(28)32)20-29(36)34(19-23-8-7-9-24(31)18-23)22(2)30(37)33-25-10-3-4-11-25/h5-9,12-18,22,25H,3-4,10-11,19-20H2,1-2H3,(H,33,37). The zero-order valence-corrected chi connectivity index (χ0v) is 24.8. The van der Waals surface area contributed by atoms with E-state index in [2.05, 4.69) is 5.32 Å². The third-order valence-electron chi connectivity index (χ3n) is 7.12. The fourth-order valence-electron chi connectivity index (χ4n) is 4.81. The number of carbonyl (C=O) groups excluding carboxylic acids is 2. The molecule has 0 spiro atoms. The molecule has 0 saturated heterocycles. The minimum Gasteiger partial charge on any atom is -0.352 e. The second-order valence-corrected chi connectivity index (χ2v) is 12.8. The number of carbonyl (C=O) groups is 2. The van der Waals surface area contributed by atoms with Gasteiger partial charge in [0.15, 0.2) is 0 Å². The number of amides is 2. The molecule has 10 heteroatoms. The van der Waals surface area contributed by atoms with E-state index in [4.69, 9.17) is 23.2 Å². The van der Waals surface area contributed by atoms with E-state index in [1.165, 1.54) is 17.0 Å². The fourth-order valence-corrected chi connectivity index (χ4v) is 6.75. The molecular weight excluding hydrogens is 569 g/mol. The summed E-state index contributed by atoms with van der Waals surface area (Å²) in [5, 5.41) is 3.73. The maximum absolute atomic E-state index is 14.0. The van der Waals surface area contributed by atoms with Crippen molar-refractivity contribution in [3.63, 3.8) is 0 Å². The molecule has 3 aromatic rings. The lowest BCUT2D eigenvalue weighted by molar-refractivity contribution is -0.139. The zero-order valence-electron chi connectivity index (χ0n) is 22.5. The third-order valence-corrected chi connectivity index (χ3v) is 9.45. The first-order valence-corrected chi connectivity index (χ1v) is 15.4. The molecular formula is C30H33Cl2N3O4S. The van der Waals surface area contributed by atoms with Crippen LogP contribution in [0.4, 0.5) is 5.69 Å². The quantitative estimate of drug-likeness (QED) is 0.310. The van der Waals surface area contributed by atoms with Crippen LogP contribution in [0.2, 0.25) is 10.0 Å². The number of para-hydroxylation sites is 1. The van der Waals surface area contributed by atoms with Crippen LogP contribution < -0.4 is 9.62 Å². The smallest absolute Gasteiger partial charge is 0.264 e. The lowest BCUT2D eigenvalue weighted by atomic mass is 10.1. The normalized spacial score (nSPS) is 14.5. The van der Waals surface area contributed by atoms with Crippen molar-refractivity contribution in [1.82, 2.24) is 10.2 Å². The van der Waals surface area contributed by atoms with Gasteiger partial charge in [-0.2, -0.15) is 0 Å². The molecule has 1 atom stereocenters. The molecule has 212 valence electrons. The summed E-state index contributed by atoms with van der Waals surface area (Å²) >= 11 is 12.6. The zero-order chi connectivity index (χ0) is 28.9. The number of aryl methyl sites for hydroxylation is 1. The van der Waals surface area contributed by atoms with E-state index in [-0.39, 0.29) is 34.1 Å². The Kier molecular flexibility index (Phi) is 9.77. The average Bonchev–Trinajstić information content (AvgIpc) is 3.43. The number of hydrogen-bond acceptors (Lipinski definition) is 4. The van der Waals surface area contributed by atoms with E-state index in [0.717, 1.165) is 35.6 Å². The van der Waals surface area contributed by atoms with Crippen LogP contribution in [-0.4, -0.2) is 43.8 Å². The van der Waals surface area contributed by atoms with Crippen molar-refractivity contribution in [2.75, 3.05) is 10.8 Å². The molecule has 1 N–H and O–H groups in total. The minimum absolute atomic E-state index is 0.0271. The molecule has 1 fully saturated rings. The van der Waals surface area contributed by atoms with Crippen molar-refractivity contribution in [2.45, 2.75) is 63.1 Å². The van der Waals surface area contributed by atoms with Gasteiger partial charge in [-0.15, -0.1) is 0 Å². The Balaban J connectivity index is 1.69. The highest BCUT2D eigenvalue weighted by Crippen LogP contribution is 2.31. The maximum Gasteiger partial charge on any atom is 0.264 e. The summed E-state index contributed by atoms with van der Waals surface area (Å²) < 4.78 is 28.8. The SMILES string of the molecule is Cc1ccc(S(=O)(=O)N(CC(=O)N(Cc2cccc(Cl)c2)C(C)C(=O)NC2CCCC2)c2ccccc2Cl)cc1. The van der Waals surface area contributed by atoms with Crippen molar-refractivity contribution in [1.29, 1.82) is 0 Å². The molecule has 0 heterocycles. The fraction of sp³-hybridized carbons (Fsp3) is 0.333. The summed E-state index contributed by atoms with van der Waals surface area (Å²) in [6, 6.07) is 19.1. The lowest BCUT2D eigenvalue weighted by Crippen LogP contribution is -2.52. The first-order valence-electron chi connectivity index (χ1n) is 13.2. The van der Waals surface area contributed by atoms with Crippen molar-refractivity contribution in [3.8, 4) is 0 Å². The topological polar surface area (TPSA) is 86.8 Å². The van der Waals surface area contributed by atoms with E-state index in [0.29, 0.717) is 10.6 Å². The Morgan fingerprint density at radius 1 is 0.975 bits per heavy atom. The largest absolute Gasteiger partial charge is 0.352 e. The predicted octanol–water partition coefficient (Wildman–Crippen LogP) is 5.97. The number of nitrogens with zero attached hydrogens (tertiary/aromatic N) is 2. The van der Waals surface area contributed by atoms with Crippen molar-refractivity contribution >= 4 is 50.7 Å². The van der Waals surface area contributed by atoms with Crippen LogP contribution in [0.5, 0.6) is 0 Å². The first kappa shape index (κ1) is 29.9. The van der Waals surface area contributed by atoms with Crippen LogP contribution in [0.1, 0.15) is 43.7 Å². The van der Waals surface area contributed by atoms with Gasteiger partial charge in [0.25, 0.3) is 10.0 Å². The van der Waals surface area contributed by atoms with Gasteiger partial charge in [-0.25, -0.2) is 8.42 Å². The molecule has 1 aliphatic carbocycles. The Morgan fingerprint density at radius 2 is 1.65 bits per heavy atom. The average molecular weight is 603 g/mol. The predicted molar refractivity (Wildman–Crippen MR) is 159 cm³/mol. The van der Waals surface area contributed by atoms with Crippen molar-refractivity contribution < 1.29 is 18.0 Å². The molecule has 4 rings (SSSR count). The summed E-state index contributed by atoms with van der Waals surface area (Å²) in [5.74, 6) is -0.836. The van der Waals surface area contributed by atoms with Gasteiger partial charge in [0, 0.05) is 17.6 Å². The van der Waals surface area contributed by atoms with Gasteiger partial charge >= 0.3 is 0 Å². The second kappa shape index (κ2) is 13.1. The number of halogens is 2. The van der Waals surface area contributed by atoms with Gasteiger partial charge < -0.3 is 10.2 Å². The van der Waals surface area contributed by atoms with Gasteiger partial charge in [0.2, 0.25) is 11.8 Å². The van der Waals surface area contributed by atoms with Gasteiger partial charge in [-0.1, -0.05) is 78.0 Å². The van der Waals surface area contributed by atoms with E-state index in [9.17, 15) is 18.0 Å². The monoisotopic (exact) mass is 601 g/mol. The highest BCUT2D eigenvalue weighted by atomic mass is 35.5. The van der Waals surface area contributed by atoms with Crippen LogP contribution in [-0.2, 0) is 26.2 Å². The number of benzene rings is 3. The molecule has 1 aliphatic rings. The number of nitrogens with one attached hydrogen (secondary N) is 1. The Morgan fingerprint density at radius 3 is 2.30 bits per heavy atom. The van der Waals surface area contributed by atoms with E-state index >= 15 is 0 Å². The van der Waals surface area contributed by atoms with Gasteiger partial charge in [-0.05, 0) is 68.7 Å². The Bertz CT molecular complexity index is 1460. The molecule has 7 nitrogen and oxygen atoms in total. The van der Waals surface area contributed by atoms with Gasteiger partial charge in [0.05, 0.1) is 15.6 Å². The third kappa shape index (κ3) is 7.16. The highest BCUT2D eigenvalue weighted by molar-refractivity contribution is 7.92. The maximum atomic E-state index is 14.0. The van der Waals surface area contributed by atoms with Crippen LogP contribution in [0.15, 0.2) is 77.7 Å². The second-order valence-electron chi connectivity index (χ2n) is 10.1. The van der Waals surface area contributed by atoms with E-state index < -0.39 is 28.5 Å². The molecule has 3 aromatic carbocycles. The summed E-state index contributed by atoms with van der Waals surface area (Å²) in [6.07, 6.45) is 3.90. The minimum atomic E-state index is -4.19. The van der Waals surface area contributed by atoms with E-state index in [1.54, 1.807) is 61.5 Å². The molecule has 1 unspecified atom stereocenters. The number of anilines is 1. The molecule has 0 radical (unpaired) electrons. The summed E-state index contributed by atoms with van der Waals surface area (Å²) in [5.41, 5.74) is 1.78. The summed E-state index contributed by atoms with van der Waals surface area (Å²) in [7, 11) is -4.19. The van der Waals surface area contributed by atoms with Crippen LogP contribution in [0.3, 0.4) is 0 Å². The Hall–Kier alpha value is -3.07. The molecule has 1 saturated carbocycles. The molecule has 0 bridgehead atoms. The van der Waals surface area contributed by atoms with E-state index in [1.807, 2.05) is 13.0 Å². The van der Waals surface area contributed by atoms with Crippen LogP contribution in [0.25, 0.3) is 0 Å². The highest BCUT2D eigenvalue weighted by Gasteiger charge is 2.34. The number of hydrogen-bond donors (Lipinski definition) is 1. The summed E-state index contributed by atoms with van der Waals surface area (Å²) in [4.78, 5) is 28.7. The molecule has 0 aromatic heterocycles. The molecule has 40 heavy (non-hydrogen) atoms. The van der Waals surface area contributed by atoms with Gasteiger partial charge in [0.1, 0.15) is 12.6 Å². The molecule has 0 aliphatic heterocycles.